The lowest BCUT2D eigenvalue weighted by atomic mass is 10.1. The minimum absolute atomic E-state index is 0.0239. The number of hydrogen-bond acceptors (Lipinski definition) is 3. The van der Waals surface area contributed by atoms with Crippen LogP contribution >= 0.6 is 61.1 Å². The van der Waals surface area contributed by atoms with Crippen LogP contribution in [0.25, 0.3) is 6.08 Å². The van der Waals surface area contributed by atoms with Crippen molar-refractivity contribution in [3.8, 4) is 11.8 Å². The van der Waals surface area contributed by atoms with Gasteiger partial charge in [-0.3, -0.25) is 4.79 Å². The predicted octanol–water partition coefficient (Wildman–Crippen LogP) is 7.09. The highest BCUT2D eigenvalue weighted by Crippen LogP contribution is 2.33. The van der Waals surface area contributed by atoms with Crippen molar-refractivity contribution < 1.29 is 9.53 Å². The fraction of sp³-hybridized carbons (Fsp3) is 0.0833. The number of halogens is 3. The second kappa shape index (κ2) is 11.1. The fourth-order valence-electron chi connectivity index (χ4n) is 2.69. The van der Waals surface area contributed by atoms with Crippen molar-refractivity contribution >= 4 is 78.8 Å². The van der Waals surface area contributed by atoms with Crippen LogP contribution < -0.4 is 10.1 Å². The molecule has 156 valence electrons. The Balaban J connectivity index is 1.76. The van der Waals surface area contributed by atoms with Crippen LogP contribution in [0.15, 0.2) is 70.7 Å². The third kappa shape index (κ3) is 6.79. The van der Waals surface area contributed by atoms with Crippen LogP contribution in [0.4, 0.5) is 5.69 Å². The van der Waals surface area contributed by atoms with Crippen molar-refractivity contribution in [1.29, 1.82) is 5.26 Å². The molecule has 3 aromatic carbocycles. The number of nitrogens with zero attached hydrogens (tertiary/aromatic N) is 1. The van der Waals surface area contributed by atoms with E-state index in [2.05, 4.69) is 66.4 Å². The fourth-order valence-corrected chi connectivity index (χ4v) is 4.82. The number of carbonyl (C=O) groups is 1. The molecule has 0 fully saturated rings. The lowest BCUT2D eigenvalue weighted by molar-refractivity contribution is -0.112. The molecular formula is C24H17BrI2N2O2. The van der Waals surface area contributed by atoms with Gasteiger partial charge in [0.1, 0.15) is 24.0 Å². The normalized spacial score (nSPS) is 11.0. The number of carbonyl (C=O) groups excluding carboxylic acids is 1. The first-order valence-corrected chi connectivity index (χ1v) is 12.2. The van der Waals surface area contributed by atoms with E-state index in [9.17, 15) is 10.1 Å². The summed E-state index contributed by atoms with van der Waals surface area (Å²) in [5, 5.41) is 12.2. The topological polar surface area (TPSA) is 62.1 Å². The highest BCUT2D eigenvalue weighted by atomic mass is 127. The third-order valence-corrected chi connectivity index (χ3v) is 6.41. The minimum Gasteiger partial charge on any atom is -0.487 e. The van der Waals surface area contributed by atoms with Gasteiger partial charge in [-0.2, -0.15) is 5.26 Å². The van der Waals surface area contributed by atoms with E-state index in [-0.39, 0.29) is 5.57 Å². The lowest BCUT2D eigenvalue weighted by Gasteiger charge is -2.12. The molecule has 7 heteroatoms. The molecule has 3 rings (SSSR count). The molecule has 0 saturated carbocycles. The Morgan fingerprint density at radius 2 is 1.81 bits per heavy atom. The summed E-state index contributed by atoms with van der Waals surface area (Å²) >= 11 is 8.01. The third-order valence-electron chi connectivity index (χ3n) is 4.30. The van der Waals surface area contributed by atoms with E-state index in [1.807, 2.05) is 73.7 Å². The van der Waals surface area contributed by atoms with Crippen molar-refractivity contribution in [2.75, 3.05) is 5.32 Å². The molecule has 1 N–H and O–H groups in total. The SMILES string of the molecule is Cc1ccc(NC(=O)/C(C#N)=C/c2cc(Br)c(OCc3ccc(I)cc3)c(I)c2)cc1. The number of hydrogen-bond donors (Lipinski definition) is 1. The molecule has 0 aliphatic carbocycles. The zero-order chi connectivity index (χ0) is 22.4. The maximum absolute atomic E-state index is 12.5. The maximum atomic E-state index is 12.5. The molecular weight excluding hydrogens is 682 g/mol. The molecule has 0 spiro atoms. The van der Waals surface area contributed by atoms with Gasteiger partial charge in [0.25, 0.3) is 5.91 Å². The van der Waals surface area contributed by atoms with Gasteiger partial charge in [0.15, 0.2) is 0 Å². The van der Waals surface area contributed by atoms with Gasteiger partial charge in [-0.1, -0.05) is 29.8 Å². The van der Waals surface area contributed by atoms with Crippen LogP contribution in [0, 0.1) is 25.4 Å². The van der Waals surface area contributed by atoms with Crippen LogP contribution in [0.3, 0.4) is 0 Å². The zero-order valence-electron chi connectivity index (χ0n) is 16.5. The Morgan fingerprint density at radius 3 is 2.42 bits per heavy atom. The number of nitriles is 1. The second-order valence-electron chi connectivity index (χ2n) is 6.72. The summed E-state index contributed by atoms with van der Waals surface area (Å²) in [4.78, 5) is 12.5. The monoisotopic (exact) mass is 698 g/mol. The Hall–Kier alpha value is -1.90. The van der Waals surface area contributed by atoms with E-state index in [1.165, 1.54) is 3.57 Å². The van der Waals surface area contributed by atoms with Crippen LogP contribution in [0.5, 0.6) is 5.75 Å². The average Bonchev–Trinajstić information content (AvgIpc) is 2.74. The zero-order valence-corrected chi connectivity index (χ0v) is 22.4. The van der Waals surface area contributed by atoms with Gasteiger partial charge < -0.3 is 10.1 Å². The van der Waals surface area contributed by atoms with E-state index in [4.69, 9.17) is 4.74 Å². The number of rotatable bonds is 6. The van der Waals surface area contributed by atoms with Crippen molar-refractivity contribution in [3.05, 3.63) is 94.5 Å². The number of ether oxygens (including phenoxy) is 1. The Labute approximate surface area is 217 Å². The molecule has 0 heterocycles. The molecule has 0 radical (unpaired) electrons. The molecule has 1 amide bonds. The van der Waals surface area contributed by atoms with Crippen LogP contribution in [-0.4, -0.2) is 5.91 Å². The van der Waals surface area contributed by atoms with Crippen molar-refractivity contribution in [1.82, 2.24) is 0 Å². The molecule has 0 bridgehead atoms. The first-order chi connectivity index (χ1) is 14.9. The molecule has 3 aromatic rings. The number of aryl methyl sites for hydroxylation is 1. The molecule has 0 atom stereocenters. The second-order valence-corrected chi connectivity index (χ2v) is 9.98. The van der Waals surface area contributed by atoms with Gasteiger partial charge >= 0.3 is 0 Å². The highest BCUT2D eigenvalue weighted by Gasteiger charge is 2.13. The van der Waals surface area contributed by atoms with Gasteiger partial charge in [0, 0.05) is 9.26 Å². The molecule has 31 heavy (non-hydrogen) atoms. The van der Waals surface area contributed by atoms with Gasteiger partial charge in [0.2, 0.25) is 0 Å². The van der Waals surface area contributed by atoms with Gasteiger partial charge in [-0.05, 0) is 122 Å². The molecule has 0 unspecified atom stereocenters. The summed E-state index contributed by atoms with van der Waals surface area (Å²) in [6, 6.07) is 21.3. The van der Waals surface area contributed by atoms with E-state index in [1.54, 1.807) is 6.08 Å². The summed E-state index contributed by atoms with van der Waals surface area (Å²) < 4.78 is 8.80. The molecule has 0 saturated heterocycles. The van der Waals surface area contributed by atoms with Crippen molar-refractivity contribution in [3.63, 3.8) is 0 Å². The summed E-state index contributed by atoms with van der Waals surface area (Å²) in [5.74, 6) is 0.274. The van der Waals surface area contributed by atoms with Gasteiger partial charge in [-0.15, -0.1) is 0 Å². The van der Waals surface area contributed by atoms with Crippen LogP contribution in [-0.2, 0) is 11.4 Å². The largest absolute Gasteiger partial charge is 0.487 e. The van der Waals surface area contributed by atoms with Gasteiger partial charge in [-0.25, -0.2) is 0 Å². The Bertz CT molecular complexity index is 1140. The summed E-state index contributed by atoms with van der Waals surface area (Å²) in [6.07, 6.45) is 1.57. The average molecular weight is 699 g/mol. The van der Waals surface area contributed by atoms with E-state index in [0.717, 1.165) is 30.5 Å². The number of nitrogens with one attached hydrogen (secondary N) is 1. The van der Waals surface area contributed by atoms with E-state index < -0.39 is 5.91 Å². The molecule has 0 aliphatic heterocycles. The molecule has 0 aliphatic rings. The lowest BCUT2D eigenvalue weighted by Crippen LogP contribution is -2.13. The quantitative estimate of drug-likeness (QED) is 0.170. The highest BCUT2D eigenvalue weighted by molar-refractivity contribution is 14.1. The summed E-state index contributed by atoms with van der Waals surface area (Å²) in [5.41, 5.74) is 3.57. The predicted molar refractivity (Wildman–Crippen MR) is 144 cm³/mol. The molecule has 4 nitrogen and oxygen atoms in total. The van der Waals surface area contributed by atoms with E-state index >= 15 is 0 Å². The number of amides is 1. The van der Waals surface area contributed by atoms with E-state index in [0.29, 0.717) is 12.3 Å². The van der Waals surface area contributed by atoms with Crippen LogP contribution in [0.2, 0.25) is 0 Å². The van der Waals surface area contributed by atoms with Gasteiger partial charge in [0.05, 0.1) is 8.04 Å². The Kier molecular flexibility index (Phi) is 8.51. The number of benzene rings is 3. The summed E-state index contributed by atoms with van der Waals surface area (Å²) in [7, 11) is 0. The smallest absolute Gasteiger partial charge is 0.266 e. The first-order valence-electron chi connectivity index (χ1n) is 9.22. The maximum Gasteiger partial charge on any atom is 0.266 e. The minimum atomic E-state index is -0.448. The number of anilines is 1. The Morgan fingerprint density at radius 1 is 1.13 bits per heavy atom. The summed E-state index contributed by atoms with van der Waals surface area (Å²) in [6.45, 7) is 2.42. The molecule has 0 aromatic heterocycles. The van der Waals surface area contributed by atoms with Crippen LogP contribution in [0.1, 0.15) is 16.7 Å². The van der Waals surface area contributed by atoms with Crippen molar-refractivity contribution in [2.45, 2.75) is 13.5 Å². The van der Waals surface area contributed by atoms with Crippen molar-refractivity contribution in [2.24, 2.45) is 0 Å². The standard InChI is InChI=1S/C24H17BrI2N2O2/c1-15-2-8-20(9-3-15)29-24(30)18(13-28)10-17-11-21(25)23(22(27)12-17)31-14-16-4-6-19(26)7-5-16/h2-12H,14H2,1H3,(H,29,30)/b18-10+. The first kappa shape index (κ1) is 23.8.